The third-order valence-electron chi connectivity index (χ3n) is 4.46. The molecule has 0 saturated carbocycles. The summed E-state index contributed by atoms with van der Waals surface area (Å²) in [7, 11) is 1.58. The Hall–Kier alpha value is -3.01. The van der Waals surface area contributed by atoms with Crippen molar-refractivity contribution in [2.75, 3.05) is 13.9 Å². The fourth-order valence-corrected chi connectivity index (χ4v) is 3.23. The minimum atomic E-state index is 0.168. The molecular formula is C18H18N4O3. The van der Waals surface area contributed by atoms with Crippen molar-refractivity contribution in [2.24, 2.45) is 0 Å². The lowest BCUT2D eigenvalue weighted by atomic mass is 10.1. The van der Waals surface area contributed by atoms with Gasteiger partial charge in [-0.15, -0.1) is 10.2 Å². The summed E-state index contributed by atoms with van der Waals surface area (Å²) in [4.78, 5) is 0. The lowest BCUT2D eigenvalue weighted by Gasteiger charge is -2.08. The van der Waals surface area contributed by atoms with Crippen LogP contribution in [0.1, 0.15) is 36.5 Å². The molecule has 2 aliphatic heterocycles. The minimum absolute atomic E-state index is 0.168. The van der Waals surface area contributed by atoms with E-state index >= 15 is 0 Å². The van der Waals surface area contributed by atoms with E-state index in [2.05, 4.69) is 20.8 Å². The Labute approximate surface area is 145 Å². The van der Waals surface area contributed by atoms with Crippen LogP contribution < -0.4 is 14.2 Å². The standard InChI is InChI=1S/C18H18N4O3/c1-23-14-8-12(9-15-17(14)25-11-24-15)7-13(10-19)18-21-20-16-5-3-2-4-6-22(16)18/h7-9H,2-6,11H2,1H3/b13-7+. The average molecular weight is 338 g/mol. The van der Waals surface area contributed by atoms with E-state index in [-0.39, 0.29) is 6.79 Å². The van der Waals surface area contributed by atoms with E-state index in [0.717, 1.165) is 37.2 Å². The molecular weight excluding hydrogens is 320 g/mol. The maximum absolute atomic E-state index is 9.66. The zero-order valence-electron chi connectivity index (χ0n) is 14.0. The lowest BCUT2D eigenvalue weighted by molar-refractivity contribution is 0.171. The number of ether oxygens (including phenoxy) is 3. The highest BCUT2D eigenvalue weighted by Crippen LogP contribution is 2.42. The van der Waals surface area contributed by atoms with Crippen molar-refractivity contribution in [1.29, 1.82) is 5.26 Å². The monoisotopic (exact) mass is 338 g/mol. The van der Waals surface area contributed by atoms with Gasteiger partial charge in [-0.25, -0.2) is 0 Å². The van der Waals surface area contributed by atoms with Crippen molar-refractivity contribution in [3.63, 3.8) is 0 Å². The molecule has 4 rings (SSSR count). The predicted octanol–water partition coefficient (Wildman–Crippen LogP) is 2.81. The normalized spacial score (nSPS) is 16.1. The molecule has 25 heavy (non-hydrogen) atoms. The predicted molar refractivity (Wildman–Crippen MR) is 90.2 cm³/mol. The Bertz CT molecular complexity index is 879. The first-order chi connectivity index (χ1) is 12.3. The second-order valence-corrected chi connectivity index (χ2v) is 6.03. The molecule has 1 aromatic carbocycles. The van der Waals surface area contributed by atoms with Crippen LogP contribution in [-0.2, 0) is 13.0 Å². The maximum atomic E-state index is 9.66. The molecule has 0 radical (unpaired) electrons. The molecule has 1 aromatic heterocycles. The topological polar surface area (TPSA) is 82.2 Å². The molecule has 0 bridgehead atoms. The molecule has 128 valence electrons. The van der Waals surface area contributed by atoms with Crippen molar-refractivity contribution in [2.45, 2.75) is 32.2 Å². The van der Waals surface area contributed by atoms with Gasteiger partial charge in [0.15, 0.2) is 17.3 Å². The van der Waals surface area contributed by atoms with Crippen molar-refractivity contribution < 1.29 is 14.2 Å². The van der Waals surface area contributed by atoms with E-state index in [0.29, 0.717) is 28.6 Å². The van der Waals surface area contributed by atoms with Crippen LogP contribution in [0.5, 0.6) is 17.2 Å². The highest BCUT2D eigenvalue weighted by Gasteiger charge is 2.21. The summed E-state index contributed by atoms with van der Waals surface area (Å²) in [6, 6.07) is 5.91. The van der Waals surface area contributed by atoms with Crippen LogP contribution in [-0.4, -0.2) is 28.7 Å². The van der Waals surface area contributed by atoms with Crippen molar-refractivity contribution in [3.05, 3.63) is 29.3 Å². The number of nitrogens with zero attached hydrogens (tertiary/aromatic N) is 4. The largest absolute Gasteiger partial charge is 0.493 e. The van der Waals surface area contributed by atoms with Gasteiger partial charge in [0.05, 0.1) is 12.7 Å². The molecule has 0 aliphatic carbocycles. The molecule has 0 amide bonds. The van der Waals surface area contributed by atoms with Gasteiger partial charge in [-0.05, 0) is 36.6 Å². The Morgan fingerprint density at radius 1 is 1.28 bits per heavy atom. The summed E-state index contributed by atoms with van der Waals surface area (Å²) in [5, 5.41) is 18.2. The Kier molecular flexibility index (Phi) is 4.02. The van der Waals surface area contributed by atoms with Gasteiger partial charge in [-0.1, -0.05) is 6.42 Å². The second kappa shape index (κ2) is 6.48. The Morgan fingerprint density at radius 2 is 2.20 bits per heavy atom. The smallest absolute Gasteiger partial charge is 0.231 e. The van der Waals surface area contributed by atoms with Gasteiger partial charge in [0.25, 0.3) is 0 Å². The number of aromatic nitrogens is 3. The summed E-state index contributed by atoms with van der Waals surface area (Å²) < 4.78 is 18.3. The molecule has 0 spiro atoms. The van der Waals surface area contributed by atoms with Crippen LogP contribution in [0.4, 0.5) is 0 Å². The van der Waals surface area contributed by atoms with E-state index in [9.17, 15) is 5.26 Å². The van der Waals surface area contributed by atoms with Crippen LogP contribution in [0.3, 0.4) is 0 Å². The molecule has 7 heteroatoms. The molecule has 7 nitrogen and oxygen atoms in total. The van der Waals surface area contributed by atoms with Crippen LogP contribution in [0.15, 0.2) is 12.1 Å². The van der Waals surface area contributed by atoms with Crippen molar-refractivity contribution >= 4 is 11.6 Å². The van der Waals surface area contributed by atoms with E-state index < -0.39 is 0 Å². The number of hydrogen-bond donors (Lipinski definition) is 0. The average Bonchev–Trinajstić information content (AvgIpc) is 3.20. The van der Waals surface area contributed by atoms with E-state index in [4.69, 9.17) is 14.2 Å². The summed E-state index contributed by atoms with van der Waals surface area (Å²) >= 11 is 0. The van der Waals surface area contributed by atoms with Gasteiger partial charge in [0.2, 0.25) is 12.5 Å². The van der Waals surface area contributed by atoms with Gasteiger partial charge in [-0.3, -0.25) is 0 Å². The van der Waals surface area contributed by atoms with Crippen molar-refractivity contribution in [3.8, 4) is 23.3 Å². The number of rotatable bonds is 3. The van der Waals surface area contributed by atoms with Gasteiger partial charge in [0, 0.05) is 13.0 Å². The zero-order valence-corrected chi connectivity index (χ0v) is 14.0. The highest BCUT2D eigenvalue weighted by molar-refractivity contribution is 5.88. The highest BCUT2D eigenvalue weighted by atomic mass is 16.7. The van der Waals surface area contributed by atoms with Crippen LogP contribution in [0.2, 0.25) is 0 Å². The molecule has 2 aromatic rings. The van der Waals surface area contributed by atoms with Crippen LogP contribution in [0.25, 0.3) is 11.6 Å². The summed E-state index contributed by atoms with van der Waals surface area (Å²) in [5.74, 6) is 3.36. The number of fused-ring (bicyclic) bond motifs is 2. The Morgan fingerprint density at radius 3 is 3.04 bits per heavy atom. The molecule has 0 saturated heterocycles. The van der Waals surface area contributed by atoms with Gasteiger partial charge < -0.3 is 18.8 Å². The fraction of sp³-hybridized carbons (Fsp3) is 0.389. The lowest BCUT2D eigenvalue weighted by Crippen LogP contribution is -2.05. The third kappa shape index (κ3) is 2.80. The number of methoxy groups -OCH3 is 1. The van der Waals surface area contributed by atoms with Crippen molar-refractivity contribution in [1.82, 2.24) is 14.8 Å². The summed E-state index contributed by atoms with van der Waals surface area (Å²) in [6.07, 6.45) is 6.06. The molecule has 0 unspecified atom stereocenters. The number of benzene rings is 1. The third-order valence-corrected chi connectivity index (χ3v) is 4.46. The molecule has 2 aliphatic rings. The fourth-order valence-electron chi connectivity index (χ4n) is 3.23. The quantitative estimate of drug-likeness (QED) is 0.800. The van der Waals surface area contributed by atoms with Crippen LogP contribution >= 0.6 is 0 Å². The summed E-state index contributed by atoms with van der Waals surface area (Å²) in [6.45, 7) is 1.02. The van der Waals surface area contributed by atoms with Crippen LogP contribution in [0, 0.1) is 11.3 Å². The van der Waals surface area contributed by atoms with E-state index in [1.54, 1.807) is 13.2 Å². The molecule has 0 atom stereocenters. The molecule has 3 heterocycles. The van der Waals surface area contributed by atoms with Gasteiger partial charge >= 0.3 is 0 Å². The number of aryl methyl sites for hydroxylation is 1. The molecule has 0 N–H and O–H groups in total. The summed E-state index contributed by atoms with van der Waals surface area (Å²) in [5.41, 5.74) is 1.27. The molecule has 0 fully saturated rings. The zero-order chi connectivity index (χ0) is 17.2. The van der Waals surface area contributed by atoms with Gasteiger partial charge in [0.1, 0.15) is 11.9 Å². The first kappa shape index (κ1) is 15.5. The first-order valence-corrected chi connectivity index (χ1v) is 8.32. The number of hydrogen-bond acceptors (Lipinski definition) is 6. The maximum Gasteiger partial charge on any atom is 0.231 e. The van der Waals surface area contributed by atoms with Gasteiger partial charge in [-0.2, -0.15) is 5.26 Å². The van der Waals surface area contributed by atoms with E-state index in [1.807, 2.05) is 12.1 Å². The number of nitriles is 1. The number of allylic oxidation sites excluding steroid dienone is 1. The Balaban J connectivity index is 1.75. The van der Waals surface area contributed by atoms with E-state index in [1.165, 1.54) is 6.42 Å². The first-order valence-electron chi connectivity index (χ1n) is 8.32. The SMILES string of the molecule is COc1cc(/C=C(\C#N)c2nnc3n2CCCCC3)cc2c1OCO2. The second-order valence-electron chi connectivity index (χ2n) is 6.03. The minimum Gasteiger partial charge on any atom is -0.493 e.